The van der Waals surface area contributed by atoms with E-state index in [1.807, 2.05) is 47.9 Å². The maximum Gasteiger partial charge on any atom is 0.277 e. The summed E-state index contributed by atoms with van der Waals surface area (Å²) in [5.41, 5.74) is 2.39. The van der Waals surface area contributed by atoms with Crippen molar-refractivity contribution in [3.05, 3.63) is 65.1 Å². The molecule has 1 saturated carbocycles. The summed E-state index contributed by atoms with van der Waals surface area (Å²) in [7, 11) is 3.90. The topological polar surface area (TPSA) is 54.3 Å². The van der Waals surface area contributed by atoms with Crippen molar-refractivity contribution in [3.8, 4) is 5.69 Å². The number of halogens is 1. The molecule has 8 heteroatoms. The molecule has 6 nitrogen and oxygen atoms in total. The summed E-state index contributed by atoms with van der Waals surface area (Å²) < 4.78 is 1.91. The molecule has 0 saturated heterocycles. The zero-order chi connectivity index (χ0) is 22.7. The standard InChI is InChI=1S/C24H28ClN5OS/c1-17-4-11-22(26-14-17)29(3)23(31)21-15-27-24(30(21)20-9-7-19(25)8-10-20)32-13-12-28(2)16-18-5-6-18/h4,7-11,14-15,18H,5-6,12-13,16H2,1-3H3. The number of hydrogen-bond donors (Lipinski definition) is 0. The molecular formula is C24H28ClN5OS. The van der Waals surface area contributed by atoms with E-state index in [0.717, 1.165) is 41.2 Å². The number of anilines is 1. The number of hydrogen-bond acceptors (Lipinski definition) is 5. The van der Waals surface area contributed by atoms with Crippen LogP contribution < -0.4 is 4.90 Å². The Hall–Kier alpha value is -2.35. The molecule has 1 amide bonds. The van der Waals surface area contributed by atoms with Gasteiger partial charge in [0.15, 0.2) is 5.16 Å². The van der Waals surface area contributed by atoms with E-state index in [-0.39, 0.29) is 5.91 Å². The quantitative estimate of drug-likeness (QED) is 0.415. The van der Waals surface area contributed by atoms with Crippen molar-refractivity contribution in [1.29, 1.82) is 0 Å². The number of pyridine rings is 1. The molecule has 1 aromatic carbocycles. The second-order valence-electron chi connectivity index (χ2n) is 8.35. The molecule has 0 bridgehead atoms. The van der Waals surface area contributed by atoms with Gasteiger partial charge >= 0.3 is 0 Å². The minimum Gasteiger partial charge on any atom is -0.305 e. The molecule has 0 atom stereocenters. The van der Waals surface area contributed by atoms with Crippen LogP contribution in [0.4, 0.5) is 5.82 Å². The number of rotatable bonds is 9. The predicted molar refractivity (Wildman–Crippen MR) is 131 cm³/mol. The monoisotopic (exact) mass is 469 g/mol. The van der Waals surface area contributed by atoms with E-state index in [1.165, 1.54) is 12.8 Å². The summed E-state index contributed by atoms with van der Waals surface area (Å²) in [6.07, 6.45) is 6.12. The van der Waals surface area contributed by atoms with Gasteiger partial charge in [-0.3, -0.25) is 14.3 Å². The van der Waals surface area contributed by atoms with Crippen LogP contribution in [0.15, 0.2) is 53.9 Å². The minimum atomic E-state index is -0.165. The molecule has 1 fully saturated rings. The summed E-state index contributed by atoms with van der Waals surface area (Å²) in [4.78, 5) is 26.3. The summed E-state index contributed by atoms with van der Waals surface area (Å²) in [6, 6.07) is 11.3. The Morgan fingerprint density at radius 3 is 2.53 bits per heavy atom. The van der Waals surface area contributed by atoms with Crippen molar-refractivity contribution in [3.63, 3.8) is 0 Å². The maximum absolute atomic E-state index is 13.4. The van der Waals surface area contributed by atoms with Gasteiger partial charge in [0.1, 0.15) is 11.5 Å². The largest absolute Gasteiger partial charge is 0.305 e. The predicted octanol–water partition coefficient (Wildman–Crippen LogP) is 4.94. The normalized spacial score (nSPS) is 13.5. The van der Waals surface area contributed by atoms with Crippen LogP contribution in [-0.2, 0) is 0 Å². The molecule has 32 heavy (non-hydrogen) atoms. The molecule has 3 aromatic rings. The lowest BCUT2D eigenvalue weighted by atomic mass is 10.3. The van der Waals surface area contributed by atoms with E-state index < -0.39 is 0 Å². The molecule has 0 N–H and O–H groups in total. The summed E-state index contributed by atoms with van der Waals surface area (Å²) >= 11 is 7.76. The second-order valence-corrected chi connectivity index (χ2v) is 9.85. The Morgan fingerprint density at radius 1 is 1.12 bits per heavy atom. The molecule has 1 aliphatic rings. The van der Waals surface area contributed by atoms with Crippen LogP contribution >= 0.6 is 23.4 Å². The highest BCUT2D eigenvalue weighted by molar-refractivity contribution is 7.99. The van der Waals surface area contributed by atoms with Gasteiger partial charge in [0.05, 0.1) is 6.20 Å². The fraction of sp³-hybridized carbons (Fsp3) is 0.375. The van der Waals surface area contributed by atoms with Gasteiger partial charge in [0, 0.05) is 42.8 Å². The third-order valence-electron chi connectivity index (χ3n) is 5.55. The van der Waals surface area contributed by atoms with Gasteiger partial charge in [0.25, 0.3) is 5.91 Å². The van der Waals surface area contributed by atoms with Crippen molar-refractivity contribution in [2.24, 2.45) is 5.92 Å². The van der Waals surface area contributed by atoms with Crippen LogP contribution in [0.5, 0.6) is 0 Å². The highest BCUT2D eigenvalue weighted by Gasteiger charge is 2.24. The number of thioether (sulfide) groups is 1. The van der Waals surface area contributed by atoms with Crippen LogP contribution in [0.2, 0.25) is 5.02 Å². The number of benzene rings is 1. The number of carbonyl (C=O) groups excluding carboxylic acids is 1. The first-order valence-electron chi connectivity index (χ1n) is 10.8. The van der Waals surface area contributed by atoms with E-state index >= 15 is 0 Å². The number of nitrogens with zero attached hydrogens (tertiary/aromatic N) is 5. The first-order chi connectivity index (χ1) is 15.4. The zero-order valence-electron chi connectivity index (χ0n) is 18.7. The Balaban J connectivity index is 1.57. The lowest BCUT2D eigenvalue weighted by molar-refractivity contribution is 0.0985. The van der Waals surface area contributed by atoms with Crippen LogP contribution in [0.1, 0.15) is 28.9 Å². The van der Waals surface area contributed by atoms with E-state index in [0.29, 0.717) is 16.5 Å². The van der Waals surface area contributed by atoms with E-state index in [9.17, 15) is 4.79 Å². The molecule has 4 rings (SSSR count). The molecule has 2 aromatic heterocycles. The van der Waals surface area contributed by atoms with Gasteiger partial charge < -0.3 is 4.90 Å². The van der Waals surface area contributed by atoms with Crippen molar-refractivity contribution >= 4 is 35.1 Å². The third kappa shape index (κ3) is 5.52. The average molecular weight is 470 g/mol. The molecule has 0 spiro atoms. The number of amides is 1. The smallest absolute Gasteiger partial charge is 0.277 e. The van der Waals surface area contributed by atoms with Gasteiger partial charge in [-0.15, -0.1) is 0 Å². The van der Waals surface area contributed by atoms with Gasteiger partial charge in [0.2, 0.25) is 0 Å². The van der Waals surface area contributed by atoms with Crippen LogP contribution in [0.3, 0.4) is 0 Å². The van der Waals surface area contributed by atoms with Crippen molar-refractivity contribution in [1.82, 2.24) is 19.4 Å². The van der Waals surface area contributed by atoms with Crippen LogP contribution in [-0.4, -0.2) is 58.3 Å². The van der Waals surface area contributed by atoms with Crippen molar-refractivity contribution in [2.75, 3.05) is 37.8 Å². The van der Waals surface area contributed by atoms with Gasteiger partial charge in [-0.25, -0.2) is 9.97 Å². The Bertz CT molecular complexity index is 1060. The van der Waals surface area contributed by atoms with Crippen LogP contribution in [0, 0.1) is 12.8 Å². The third-order valence-corrected chi connectivity index (χ3v) is 6.73. The first kappa shape index (κ1) is 22.8. The zero-order valence-corrected chi connectivity index (χ0v) is 20.2. The molecule has 2 heterocycles. The number of aromatic nitrogens is 3. The Labute approximate surface area is 198 Å². The lowest BCUT2D eigenvalue weighted by Crippen LogP contribution is -2.29. The number of imidazole rings is 1. The molecule has 0 unspecified atom stereocenters. The van der Waals surface area contributed by atoms with Crippen molar-refractivity contribution < 1.29 is 4.79 Å². The van der Waals surface area contributed by atoms with Gasteiger partial charge in [-0.1, -0.05) is 29.4 Å². The number of aryl methyl sites for hydroxylation is 1. The molecule has 0 aliphatic heterocycles. The maximum atomic E-state index is 13.4. The minimum absolute atomic E-state index is 0.165. The van der Waals surface area contributed by atoms with Crippen LogP contribution in [0.25, 0.3) is 5.69 Å². The molecular weight excluding hydrogens is 442 g/mol. The SMILES string of the molecule is Cc1ccc(N(C)C(=O)c2cnc(SCCN(C)CC3CC3)n2-c2ccc(Cl)cc2)nc1. The lowest BCUT2D eigenvalue weighted by Gasteiger charge is -2.19. The number of carbonyl (C=O) groups is 1. The highest BCUT2D eigenvalue weighted by atomic mass is 35.5. The summed E-state index contributed by atoms with van der Waals surface area (Å²) in [5.74, 6) is 2.20. The van der Waals surface area contributed by atoms with Crippen molar-refractivity contribution in [2.45, 2.75) is 24.9 Å². The highest BCUT2D eigenvalue weighted by Crippen LogP contribution is 2.30. The second kappa shape index (κ2) is 10.1. The fourth-order valence-electron chi connectivity index (χ4n) is 3.49. The van der Waals surface area contributed by atoms with E-state index in [2.05, 4.69) is 21.9 Å². The average Bonchev–Trinajstić information content (AvgIpc) is 3.50. The first-order valence-corrected chi connectivity index (χ1v) is 12.1. The molecule has 168 valence electrons. The molecule has 0 radical (unpaired) electrons. The van der Waals surface area contributed by atoms with E-state index in [1.54, 1.807) is 36.1 Å². The summed E-state index contributed by atoms with van der Waals surface area (Å²) in [6.45, 7) is 4.11. The molecule has 1 aliphatic carbocycles. The summed E-state index contributed by atoms with van der Waals surface area (Å²) in [5, 5.41) is 1.44. The fourth-order valence-corrected chi connectivity index (χ4v) is 4.66. The van der Waals surface area contributed by atoms with Gasteiger partial charge in [-0.2, -0.15) is 0 Å². The van der Waals surface area contributed by atoms with Gasteiger partial charge in [-0.05, 0) is 68.6 Å². The Morgan fingerprint density at radius 2 is 1.88 bits per heavy atom. The van der Waals surface area contributed by atoms with E-state index in [4.69, 9.17) is 11.6 Å². The Kier molecular flexibility index (Phi) is 7.18.